The number of benzene rings is 2. The molecule has 2 aromatic carbocycles. The first kappa shape index (κ1) is 25.4. The highest BCUT2D eigenvalue weighted by Gasteiger charge is 2.27. The van der Waals surface area contributed by atoms with Gasteiger partial charge in [0.25, 0.3) is 5.91 Å². The summed E-state index contributed by atoms with van der Waals surface area (Å²) < 4.78 is 5.79. The van der Waals surface area contributed by atoms with Crippen molar-refractivity contribution in [1.82, 2.24) is 10.2 Å². The molecule has 0 aromatic heterocycles. The molecule has 0 saturated carbocycles. The largest absolute Gasteiger partial charge is 0.484 e. The molecule has 0 aliphatic rings. The van der Waals surface area contributed by atoms with Crippen molar-refractivity contribution in [1.29, 1.82) is 0 Å². The molecule has 0 fully saturated rings. The van der Waals surface area contributed by atoms with Gasteiger partial charge in [0, 0.05) is 12.6 Å². The van der Waals surface area contributed by atoms with Crippen LogP contribution in [0.4, 0.5) is 0 Å². The maximum Gasteiger partial charge on any atom is 0.261 e. The van der Waals surface area contributed by atoms with Crippen molar-refractivity contribution in [3.8, 4) is 5.75 Å². The molecule has 0 bridgehead atoms. The average molecular weight is 439 g/mol. The highest BCUT2D eigenvalue weighted by Crippen LogP contribution is 2.24. The van der Waals surface area contributed by atoms with Gasteiger partial charge in [0.15, 0.2) is 6.61 Å². The number of carbonyl (C=O) groups is 2. The third-order valence-electron chi connectivity index (χ3n) is 5.85. The van der Waals surface area contributed by atoms with Crippen molar-refractivity contribution in [2.24, 2.45) is 0 Å². The second-order valence-electron chi connectivity index (χ2n) is 9.51. The fourth-order valence-electron chi connectivity index (χ4n) is 3.30. The molecule has 2 amide bonds. The lowest BCUT2D eigenvalue weighted by molar-refractivity contribution is -0.142. The van der Waals surface area contributed by atoms with E-state index in [4.69, 9.17) is 4.74 Å². The maximum atomic E-state index is 13.2. The number of hydrogen-bond donors (Lipinski definition) is 1. The quantitative estimate of drug-likeness (QED) is 0.599. The molecule has 2 aromatic rings. The summed E-state index contributed by atoms with van der Waals surface area (Å²) in [6, 6.07) is 15.2. The summed E-state index contributed by atoms with van der Waals surface area (Å²) >= 11 is 0. The minimum atomic E-state index is -0.608. The van der Waals surface area contributed by atoms with Gasteiger partial charge in [0.05, 0.1) is 0 Å². The third-order valence-corrected chi connectivity index (χ3v) is 5.85. The fraction of sp³-hybridized carbons (Fsp3) is 0.481. The topological polar surface area (TPSA) is 58.6 Å². The van der Waals surface area contributed by atoms with Crippen molar-refractivity contribution < 1.29 is 14.3 Å². The van der Waals surface area contributed by atoms with Crippen LogP contribution in [0.25, 0.3) is 0 Å². The van der Waals surface area contributed by atoms with Gasteiger partial charge in [-0.05, 0) is 61.4 Å². The van der Waals surface area contributed by atoms with Gasteiger partial charge in [-0.1, -0.05) is 64.1 Å². The van der Waals surface area contributed by atoms with E-state index in [0.29, 0.717) is 12.3 Å². The lowest BCUT2D eigenvalue weighted by Crippen LogP contribution is -2.50. The summed E-state index contributed by atoms with van der Waals surface area (Å²) in [6.07, 6.45) is 0.831. The standard InChI is InChI=1S/C27H38N2O3/c1-8-20(3)28-26(31)21(4)29(17-22-12-10-9-11-19(22)2)25(30)18-32-24-15-13-23(14-16-24)27(5,6)7/h9-16,20-21H,8,17-18H2,1-7H3,(H,28,31). The first-order valence-electron chi connectivity index (χ1n) is 11.4. The summed E-state index contributed by atoms with van der Waals surface area (Å²) in [5, 5.41) is 2.99. The summed E-state index contributed by atoms with van der Waals surface area (Å²) in [7, 11) is 0. The zero-order valence-corrected chi connectivity index (χ0v) is 20.6. The van der Waals surface area contributed by atoms with Gasteiger partial charge in [-0.25, -0.2) is 0 Å². The lowest BCUT2D eigenvalue weighted by Gasteiger charge is -2.30. The molecule has 0 saturated heterocycles. The van der Waals surface area contributed by atoms with Gasteiger partial charge in [0.1, 0.15) is 11.8 Å². The number of amides is 2. The molecule has 32 heavy (non-hydrogen) atoms. The van der Waals surface area contributed by atoms with Crippen molar-refractivity contribution >= 4 is 11.8 Å². The Kier molecular flexibility index (Phi) is 8.88. The molecule has 1 N–H and O–H groups in total. The molecule has 0 aliphatic heterocycles. The minimum absolute atomic E-state index is 0.0527. The summed E-state index contributed by atoms with van der Waals surface area (Å²) in [5.41, 5.74) is 3.35. The van der Waals surface area contributed by atoms with Crippen LogP contribution in [-0.2, 0) is 21.5 Å². The Balaban J connectivity index is 2.15. The maximum absolute atomic E-state index is 13.2. The predicted octanol–water partition coefficient (Wildman–Crippen LogP) is 5.00. The van der Waals surface area contributed by atoms with E-state index < -0.39 is 6.04 Å². The molecule has 0 aliphatic carbocycles. The van der Waals surface area contributed by atoms with E-state index in [1.165, 1.54) is 5.56 Å². The molecule has 5 nitrogen and oxygen atoms in total. The van der Waals surface area contributed by atoms with Crippen LogP contribution in [0.3, 0.4) is 0 Å². The zero-order chi connectivity index (χ0) is 23.9. The highest BCUT2D eigenvalue weighted by atomic mass is 16.5. The number of rotatable bonds is 9. The van der Waals surface area contributed by atoms with Crippen LogP contribution in [0.2, 0.25) is 0 Å². The SMILES string of the molecule is CCC(C)NC(=O)C(C)N(Cc1ccccc1C)C(=O)COc1ccc(C(C)(C)C)cc1. The van der Waals surface area contributed by atoms with E-state index in [1.807, 2.05) is 69.3 Å². The predicted molar refractivity (Wildman–Crippen MR) is 130 cm³/mol. The molecular formula is C27H38N2O3. The Labute approximate surface area is 193 Å². The van der Waals surface area contributed by atoms with E-state index in [2.05, 4.69) is 26.1 Å². The number of ether oxygens (including phenoxy) is 1. The molecule has 2 unspecified atom stereocenters. The van der Waals surface area contributed by atoms with E-state index in [9.17, 15) is 9.59 Å². The summed E-state index contributed by atoms with van der Waals surface area (Å²) in [6.45, 7) is 14.5. The van der Waals surface area contributed by atoms with E-state index in [0.717, 1.165) is 17.5 Å². The molecule has 2 rings (SSSR count). The zero-order valence-electron chi connectivity index (χ0n) is 20.6. The average Bonchev–Trinajstić information content (AvgIpc) is 2.76. The normalized spacial score (nSPS) is 13.2. The number of carbonyl (C=O) groups excluding carboxylic acids is 2. The van der Waals surface area contributed by atoms with Crippen molar-refractivity contribution in [3.05, 3.63) is 65.2 Å². The third kappa shape index (κ3) is 7.11. The Bertz CT molecular complexity index is 900. The van der Waals surface area contributed by atoms with Gasteiger partial charge >= 0.3 is 0 Å². The highest BCUT2D eigenvalue weighted by molar-refractivity contribution is 5.88. The summed E-state index contributed by atoms with van der Waals surface area (Å²) in [5.74, 6) is 0.259. The number of nitrogens with zero attached hydrogens (tertiary/aromatic N) is 1. The van der Waals surface area contributed by atoms with Crippen LogP contribution >= 0.6 is 0 Å². The Hall–Kier alpha value is -2.82. The number of nitrogens with one attached hydrogen (secondary N) is 1. The molecule has 5 heteroatoms. The van der Waals surface area contributed by atoms with Crippen LogP contribution in [0.15, 0.2) is 48.5 Å². The van der Waals surface area contributed by atoms with Gasteiger partial charge in [0.2, 0.25) is 5.91 Å². The Morgan fingerprint density at radius 2 is 1.66 bits per heavy atom. The van der Waals surface area contributed by atoms with Gasteiger partial charge in [-0.2, -0.15) is 0 Å². The second-order valence-corrected chi connectivity index (χ2v) is 9.51. The smallest absolute Gasteiger partial charge is 0.261 e. The Morgan fingerprint density at radius 3 is 2.22 bits per heavy atom. The molecule has 0 radical (unpaired) electrons. The fourth-order valence-corrected chi connectivity index (χ4v) is 3.30. The molecular weight excluding hydrogens is 400 g/mol. The minimum Gasteiger partial charge on any atom is -0.484 e. The Morgan fingerprint density at radius 1 is 1.03 bits per heavy atom. The molecule has 0 spiro atoms. The molecule has 0 heterocycles. The van der Waals surface area contributed by atoms with E-state index in [1.54, 1.807) is 11.8 Å². The van der Waals surface area contributed by atoms with Gasteiger partial charge in [-0.3, -0.25) is 9.59 Å². The van der Waals surface area contributed by atoms with Crippen LogP contribution in [0.1, 0.15) is 64.7 Å². The monoisotopic (exact) mass is 438 g/mol. The van der Waals surface area contributed by atoms with Crippen molar-refractivity contribution in [2.45, 2.75) is 78.9 Å². The van der Waals surface area contributed by atoms with E-state index in [-0.39, 0.29) is 29.9 Å². The lowest BCUT2D eigenvalue weighted by atomic mass is 9.87. The molecule has 174 valence electrons. The van der Waals surface area contributed by atoms with Crippen molar-refractivity contribution in [3.63, 3.8) is 0 Å². The number of aryl methyl sites for hydroxylation is 1. The van der Waals surface area contributed by atoms with Gasteiger partial charge < -0.3 is 15.0 Å². The first-order valence-corrected chi connectivity index (χ1v) is 11.4. The van der Waals surface area contributed by atoms with Crippen LogP contribution in [0.5, 0.6) is 5.75 Å². The van der Waals surface area contributed by atoms with Crippen molar-refractivity contribution in [2.75, 3.05) is 6.61 Å². The van der Waals surface area contributed by atoms with Crippen LogP contribution in [0, 0.1) is 6.92 Å². The van der Waals surface area contributed by atoms with Crippen LogP contribution < -0.4 is 10.1 Å². The second kappa shape index (κ2) is 11.2. The summed E-state index contributed by atoms with van der Waals surface area (Å²) in [4.78, 5) is 27.6. The van der Waals surface area contributed by atoms with Gasteiger partial charge in [-0.15, -0.1) is 0 Å². The first-order chi connectivity index (χ1) is 15.0. The van der Waals surface area contributed by atoms with Crippen LogP contribution in [-0.4, -0.2) is 35.4 Å². The number of hydrogen-bond acceptors (Lipinski definition) is 3. The van der Waals surface area contributed by atoms with E-state index >= 15 is 0 Å². The molecule has 2 atom stereocenters.